The van der Waals surface area contributed by atoms with Crippen LogP contribution in [0, 0.1) is 0 Å². The van der Waals surface area contributed by atoms with Gasteiger partial charge in [-0.15, -0.1) is 0 Å². The second-order valence-electron chi connectivity index (χ2n) is 4.88. The molecule has 0 heterocycles. The minimum Gasteiger partial charge on any atom is -0.480 e. The Morgan fingerprint density at radius 2 is 1.67 bits per heavy atom. The molecule has 1 rings (SSSR count). The van der Waals surface area contributed by atoms with Crippen molar-refractivity contribution in [3.05, 3.63) is 43.0 Å². The van der Waals surface area contributed by atoms with Crippen LogP contribution >= 0.6 is 0 Å². The molecule has 0 spiro atoms. The Morgan fingerprint density at radius 3 is 2.25 bits per heavy atom. The topological polar surface area (TPSA) is 93.1 Å². The summed E-state index contributed by atoms with van der Waals surface area (Å²) in [6, 6.07) is 8.79. The molecule has 130 valence electrons. The average molecular weight is 335 g/mol. The fraction of sp³-hybridized carbons (Fsp3) is 0.353. The fourth-order valence-corrected chi connectivity index (χ4v) is 1.86. The number of rotatable bonds is 11. The molecule has 0 saturated heterocycles. The van der Waals surface area contributed by atoms with E-state index in [2.05, 4.69) is 6.58 Å². The number of benzene rings is 1. The third kappa shape index (κ3) is 7.98. The van der Waals surface area contributed by atoms with Crippen LogP contribution in [0.4, 0.5) is 5.69 Å². The van der Waals surface area contributed by atoms with E-state index < -0.39 is 17.9 Å². The lowest BCUT2D eigenvalue weighted by atomic mass is 10.3. The molecule has 0 saturated carbocycles. The lowest BCUT2D eigenvalue weighted by Gasteiger charge is -2.21. The first-order valence-electron chi connectivity index (χ1n) is 7.49. The Balaban J connectivity index is 2.33. The maximum atomic E-state index is 11.8. The summed E-state index contributed by atoms with van der Waals surface area (Å²) in [6.45, 7) is 3.25. The van der Waals surface area contributed by atoms with Crippen molar-refractivity contribution in [1.82, 2.24) is 0 Å². The molecule has 0 aliphatic carbocycles. The number of unbranched alkanes of at least 4 members (excludes halogenated alkanes) is 1. The van der Waals surface area contributed by atoms with Gasteiger partial charge >= 0.3 is 17.9 Å². The molecule has 0 aromatic heterocycles. The van der Waals surface area contributed by atoms with E-state index in [1.807, 2.05) is 0 Å². The van der Waals surface area contributed by atoms with E-state index in [-0.39, 0.29) is 26.3 Å². The first kappa shape index (κ1) is 19.2. The highest BCUT2D eigenvalue weighted by Gasteiger charge is 2.15. The standard InChI is InChI=1S/C17H21NO6/c1-2-16(21)23-10-6-7-11-24-17(22)13-18(12-15(19)20)14-8-4-3-5-9-14/h2-5,8-9H,1,6-7,10-13H2,(H,19,20). The van der Waals surface area contributed by atoms with Crippen LogP contribution in [0.25, 0.3) is 0 Å². The number of carboxylic acids is 1. The van der Waals surface area contributed by atoms with Gasteiger partial charge in [0.15, 0.2) is 0 Å². The van der Waals surface area contributed by atoms with E-state index in [4.69, 9.17) is 14.6 Å². The Labute approximate surface area is 140 Å². The number of anilines is 1. The van der Waals surface area contributed by atoms with Crippen LogP contribution < -0.4 is 4.90 Å². The SMILES string of the molecule is C=CC(=O)OCCCCOC(=O)CN(CC(=O)O)c1ccccc1. The van der Waals surface area contributed by atoms with Crippen molar-refractivity contribution in [3.63, 3.8) is 0 Å². The lowest BCUT2D eigenvalue weighted by molar-refractivity contribution is -0.143. The van der Waals surface area contributed by atoms with E-state index >= 15 is 0 Å². The van der Waals surface area contributed by atoms with Crippen LogP contribution in [0.3, 0.4) is 0 Å². The smallest absolute Gasteiger partial charge is 0.330 e. The third-order valence-corrected chi connectivity index (χ3v) is 2.98. The van der Waals surface area contributed by atoms with Crippen molar-refractivity contribution in [2.45, 2.75) is 12.8 Å². The molecule has 0 fully saturated rings. The molecule has 0 amide bonds. The third-order valence-electron chi connectivity index (χ3n) is 2.98. The molecule has 0 radical (unpaired) electrons. The molecule has 7 heteroatoms. The number of carbonyl (C=O) groups excluding carboxylic acids is 2. The van der Waals surface area contributed by atoms with Crippen molar-refractivity contribution in [2.24, 2.45) is 0 Å². The first-order chi connectivity index (χ1) is 11.5. The van der Waals surface area contributed by atoms with Crippen molar-refractivity contribution in [1.29, 1.82) is 0 Å². The van der Waals surface area contributed by atoms with Crippen LogP contribution in [0.2, 0.25) is 0 Å². The number of hydrogen-bond acceptors (Lipinski definition) is 6. The van der Waals surface area contributed by atoms with Gasteiger partial charge < -0.3 is 19.5 Å². The molecular formula is C17H21NO6. The van der Waals surface area contributed by atoms with E-state index in [0.29, 0.717) is 18.5 Å². The van der Waals surface area contributed by atoms with Crippen molar-refractivity contribution >= 4 is 23.6 Å². The molecule has 1 N–H and O–H groups in total. The lowest BCUT2D eigenvalue weighted by Crippen LogP contribution is -2.35. The Hall–Kier alpha value is -2.83. The van der Waals surface area contributed by atoms with Crippen molar-refractivity contribution < 1.29 is 29.0 Å². The van der Waals surface area contributed by atoms with Gasteiger partial charge in [0.1, 0.15) is 13.1 Å². The number of ether oxygens (including phenoxy) is 2. The maximum Gasteiger partial charge on any atom is 0.330 e. The second kappa shape index (κ2) is 10.8. The number of carboxylic acid groups (broad SMARTS) is 1. The van der Waals surface area contributed by atoms with Crippen LogP contribution in [0.1, 0.15) is 12.8 Å². The molecule has 1 aromatic rings. The first-order valence-corrected chi connectivity index (χ1v) is 7.49. The zero-order valence-corrected chi connectivity index (χ0v) is 13.3. The van der Waals surface area contributed by atoms with E-state index in [0.717, 1.165) is 6.08 Å². The van der Waals surface area contributed by atoms with Crippen LogP contribution in [0.15, 0.2) is 43.0 Å². The molecular weight excluding hydrogens is 314 g/mol. The summed E-state index contributed by atoms with van der Waals surface area (Å²) < 4.78 is 9.87. The molecule has 0 bridgehead atoms. The minimum atomic E-state index is -1.03. The molecule has 0 aliphatic heterocycles. The van der Waals surface area contributed by atoms with E-state index in [1.165, 1.54) is 4.90 Å². The minimum absolute atomic E-state index is 0.151. The van der Waals surface area contributed by atoms with Crippen molar-refractivity contribution in [2.75, 3.05) is 31.2 Å². The molecule has 0 aliphatic rings. The van der Waals surface area contributed by atoms with Gasteiger partial charge in [-0.25, -0.2) is 4.79 Å². The number of para-hydroxylation sites is 1. The number of carbonyl (C=O) groups is 3. The average Bonchev–Trinajstić information content (AvgIpc) is 2.57. The normalized spacial score (nSPS) is 9.83. The van der Waals surface area contributed by atoms with Gasteiger partial charge in [0, 0.05) is 11.8 Å². The summed E-state index contributed by atoms with van der Waals surface area (Å²) >= 11 is 0. The summed E-state index contributed by atoms with van der Waals surface area (Å²) in [5.41, 5.74) is 0.633. The van der Waals surface area contributed by atoms with Gasteiger partial charge in [-0.2, -0.15) is 0 Å². The number of esters is 2. The van der Waals surface area contributed by atoms with E-state index in [9.17, 15) is 14.4 Å². The summed E-state index contributed by atoms with van der Waals surface area (Å²) in [5.74, 6) is -2.03. The van der Waals surface area contributed by atoms with Crippen LogP contribution in [-0.4, -0.2) is 49.3 Å². The molecule has 24 heavy (non-hydrogen) atoms. The fourth-order valence-electron chi connectivity index (χ4n) is 1.86. The summed E-state index contributed by atoms with van der Waals surface area (Å²) in [6.07, 6.45) is 2.19. The highest BCUT2D eigenvalue weighted by Crippen LogP contribution is 2.12. The van der Waals surface area contributed by atoms with Gasteiger partial charge in [0.2, 0.25) is 0 Å². The highest BCUT2D eigenvalue weighted by atomic mass is 16.5. The zero-order valence-electron chi connectivity index (χ0n) is 13.3. The molecule has 1 aromatic carbocycles. The summed E-state index contributed by atoms with van der Waals surface area (Å²) in [4.78, 5) is 35.0. The van der Waals surface area contributed by atoms with Gasteiger partial charge in [0.25, 0.3) is 0 Å². The molecule has 0 unspecified atom stereocenters. The van der Waals surface area contributed by atoms with Gasteiger partial charge in [-0.3, -0.25) is 9.59 Å². The zero-order chi connectivity index (χ0) is 17.8. The number of nitrogens with zero attached hydrogens (tertiary/aromatic N) is 1. The van der Waals surface area contributed by atoms with E-state index in [1.54, 1.807) is 30.3 Å². The second-order valence-corrected chi connectivity index (χ2v) is 4.88. The summed E-state index contributed by atoms with van der Waals surface area (Å²) in [7, 11) is 0. The van der Waals surface area contributed by atoms with Gasteiger partial charge in [0.05, 0.1) is 13.2 Å². The van der Waals surface area contributed by atoms with Gasteiger partial charge in [-0.05, 0) is 25.0 Å². The summed E-state index contributed by atoms with van der Waals surface area (Å²) in [5, 5.41) is 8.95. The predicted molar refractivity (Wildman–Crippen MR) is 87.6 cm³/mol. The predicted octanol–water partition coefficient (Wildman–Crippen LogP) is 1.63. The Bertz CT molecular complexity index is 557. The van der Waals surface area contributed by atoms with Crippen molar-refractivity contribution in [3.8, 4) is 0 Å². The number of aliphatic carboxylic acids is 1. The molecule has 7 nitrogen and oxygen atoms in total. The monoisotopic (exact) mass is 335 g/mol. The quantitative estimate of drug-likeness (QED) is 0.373. The van der Waals surface area contributed by atoms with Crippen LogP contribution in [-0.2, 0) is 23.9 Å². The maximum absolute atomic E-state index is 11.8. The van der Waals surface area contributed by atoms with Crippen LogP contribution in [0.5, 0.6) is 0 Å². The van der Waals surface area contributed by atoms with Gasteiger partial charge in [-0.1, -0.05) is 24.8 Å². The largest absolute Gasteiger partial charge is 0.480 e. The highest BCUT2D eigenvalue weighted by molar-refractivity contribution is 5.81. The Kier molecular flexibility index (Phi) is 8.67. The number of hydrogen-bond donors (Lipinski definition) is 1. The Morgan fingerprint density at radius 1 is 1.04 bits per heavy atom. The molecule has 0 atom stereocenters.